The zero-order valence-electron chi connectivity index (χ0n) is 9.71. The Balaban J connectivity index is 2.48. The van der Waals surface area contributed by atoms with Crippen molar-refractivity contribution in [1.82, 2.24) is 5.32 Å². The molecule has 1 nitrogen and oxygen atoms in total. The van der Waals surface area contributed by atoms with E-state index in [2.05, 4.69) is 48.5 Å². The van der Waals surface area contributed by atoms with E-state index >= 15 is 0 Å². The van der Waals surface area contributed by atoms with Crippen LogP contribution in [0, 0.1) is 17.8 Å². The molecule has 82 valence electrons. The van der Waals surface area contributed by atoms with Gasteiger partial charge in [-0.15, -0.1) is 23.2 Å². The number of nitrogens with one attached hydrogen (secondary N) is 1. The number of thiophene rings is 1. The van der Waals surface area contributed by atoms with Crippen molar-refractivity contribution in [2.45, 2.75) is 33.2 Å². The molecular weight excluding hydrogens is 202 g/mol. The first-order valence-corrected chi connectivity index (χ1v) is 6.30. The Kier molecular flexibility index (Phi) is 5.45. The highest BCUT2D eigenvalue weighted by molar-refractivity contribution is 7.10. The van der Waals surface area contributed by atoms with Gasteiger partial charge in [-0.2, -0.15) is 0 Å². The van der Waals surface area contributed by atoms with E-state index in [1.54, 1.807) is 0 Å². The minimum absolute atomic E-state index is 0.476. The minimum Gasteiger partial charge on any atom is -0.308 e. The maximum absolute atomic E-state index is 3.56. The fourth-order valence-electron chi connectivity index (χ4n) is 1.55. The lowest BCUT2D eigenvalue weighted by Crippen LogP contribution is -2.25. The Labute approximate surface area is 96.9 Å². The van der Waals surface area contributed by atoms with Crippen LogP contribution in [0.15, 0.2) is 17.5 Å². The molecule has 0 amide bonds. The number of hydrogen-bond acceptors (Lipinski definition) is 2. The molecule has 15 heavy (non-hydrogen) atoms. The number of rotatable bonds is 5. The summed E-state index contributed by atoms with van der Waals surface area (Å²) in [6, 6.07) is 4.79. The molecule has 0 saturated heterocycles. The molecule has 1 unspecified atom stereocenters. The van der Waals surface area contributed by atoms with Gasteiger partial charge in [-0.3, -0.25) is 0 Å². The fraction of sp³-hybridized carbons (Fsp3) is 0.538. The van der Waals surface area contributed by atoms with Gasteiger partial charge in [-0.25, -0.2) is 0 Å². The SMILES string of the molecule is CC#CCCNC(c1cccs1)C(C)C. The van der Waals surface area contributed by atoms with Crippen molar-refractivity contribution in [2.75, 3.05) is 6.54 Å². The van der Waals surface area contributed by atoms with E-state index in [1.165, 1.54) is 4.88 Å². The van der Waals surface area contributed by atoms with E-state index in [0.29, 0.717) is 12.0 Å². The monoisotopic (exact) mass is 221 g/mol. The van der Waals surface area contributed by atoms with Crippen LogP contribution < -0.4 is 5.32 Å². The van der Waals surface area contributed by atoms with Crippen molar-refractivity contribution < 1.29 is 0 Å². The summed E-state index contributed by atoms with van der Waals surface area (Å²) in [6.45, 7) is 7.37. The molecule has 2 heteroatoms. The summed E-state index contributed by atoms with van der Waals surface area (Å²) < 4.78 is 0. The lowest BCUT2D eigenvalue weighted by atomic mass is 10.0. The van der Waals surface area contributed by atoms with Crippen LogP contribution in [-0.2, 0) is 0 Å². The third-order valence-corrected chi connectivity index (χ3v) is 3.26. The van der Waals surface area contributed by atoms with Gasteiger partial charge < -0.3 is 5.32 Å². The number of hydrogen-bond donors (Lipinski definition) is 1. The first-order valence-electron chi connectivity index (χ1n) is 5.42. The van der Waals surface area contributed by atoms with E-state index < -0.39 is 0 Å². The first kappa shape index (κ1) is 12.3. The largest absolute Gasteiger partial charge is 0.308 e. The van der Waals surface area contributed by atoms with Crippen molar-refractivity contribution in [3.8, 4) is 11.8 Å². The Bertz CT molecular complexity index is 316. The molecule has 0 aliphatic rings. The summed E-state index contributed by atoms with van der Waals surface area (Å²) in [7, 11) is 0. The highest BCUT2D eigenvalue weighted by atomic mass is 32.1. The Morgan fingerprint density at radius 2 is 2.27 bits per heavy atom. The summed E-state index contributed by atoms with van der Waals surface area (Å²) in [5.41, 5.74) is 0. The molecule has 0 aliphatic heterocycles. The zero-order chi connectivity index (χ0) is 11.1. The summed E-state index contributed by atoms with van der Waals surface area (Å²) in [6.07, 6.45) is 0.936. The van der Waals surface area contributed by atoms with Crippen LogP contribution in [0.25, 0.3) is 0 Å². The van der Waals surface area contributed by atoms with Gasteiger partial charge in [0.25, 0.3) is 0 Å². The second kappa shape index (κ2) is 6.66. The molecular formula is C13H19NS. The van der Waals surface area contributed by atoms with Gasteiger partial charge >= 0.3 is 0 Å². The maximum atomic E-state index is 3.56. The molecule has 1 N–H and O–H groups in total. The van der Waals surface area contributed by atoms with E-state index in [-0.39, 0.29) is 0 Å². The normalized spacial score (nSPS) is 12.3. The van der Waals surface area contributed by atoms with Crippen molar-refractivity contribution in [3.63, 3.8) is 0 Å². The Hall–Kier alpha value is -0.780. The van der Waals surface area contributed by atoms with Crippen molar-refractivity contribution in [1.29, 1.82) is 0 Å². The van der Waals surface area contributed by atoms with Gasteiger partial charge in [-0.1, -0.05) is 19.9 Å². The van der Waals surface area contributed by atoms with Crippen LogP contribution in [0.5, 0.6) is 0 Å². The molecule has 0 aliphatic carbocycles. The molecule has 0 aromatic carbocycles. The summed E-state index contributed by atoms with van der Waals surface area (Å²) >= 11 is 1.82. The van der Waals surface area contributed by atoms with Gasteiger partial charge in [0.2, 0.25) is 0 Å². The summed E-state index contributed by atoms with van der Waals surface area (Å²) in [5, 5.41) is 5.70. The summed E-state index contributed by atoms with van der Waals surface area (Å²) in [4.78, 5) is 1.43. The van der Waals surface area contributed by atoms with Crippen LogP contribution in [0.3, 0.4) is 0 Å². The molecule has 0 spiro atoms. The van der Waals surface area contributed by atoms with E-state index in [4.69, 9.17) is 0 Å². The fourth-order valence-corrected chi connectivity index (χ4v) is 2.52. The third-order valence-electron chi connectivity index (χ3n) is 2.31. The van der Waals surface area contributed by atoms with Crippen LogP contribution in [-0.4, -0.2) is 6.54 Å². The average Bonchev–Trinajstić information content (AvgIpc) is 2.70. The molecule has 1 atom stereocenters. The van der Waals surface area contributed by atoms with Crippen molar-refractivity contribution in [2.24, 2.45) is 5.92 Å². The van der Waals surface area contributed by atoms with Crippen LogP contribution in [0.1, 0.15) is 38.1 Å². The highest BCUT2D eigenvalue weighted by Crippen LogP contribution is 2.25. The molecule has 1 heterocycles. The van der Waals surface area contributed by atoms with Crippen molar-refractivity contribution >= 4 is 11.3 Å². The van der Waals surface area contributed by atoms with Gasteiger partial charge in [0.15, 0.2) is 0 Å². The van der Waals surface area contributed by atoms with E-state index in [1.807, 2.05) is 18.3 Å². The lowest BCUT2D eigenvalue weighted by molar-refractivity contribution is 0.423. The molecule has 1 aromatic heterocycles. The topological polar surface area (TPSA) is 12.0 Å². The average molecular weight is 221 g/mol. The van der Waals surface area contributed by atoms with Gasteiger partial charge in [0.1, 0.15) is 0 Å². The Morgan fingerprint density at radius 1 is 1.47 bits per heavy atom. The van der Waals surface area contributed by atoms with Crippen LogP contribution >= 0.6 is 11.3 Å². The van der Waals surface area contributed by atoms with Crippen LogP contribution in [0.2, 0.25) is 0 Å². The standard InChI is InChI=1S/C13H19NS/c1-4-5-6-9-14-13(11(2)3)12-8-7-10-15-12/h7-8,10-11,13-14H,6,9H2,1-3H3. The second-order valence-electron chi connectivity index (χ2n) is 3.87. The molecule has 0 radical (unpaired) electrons. The van der Waals surface area contributed by atoms with Crippen molar-refractivity contribution in [3.05, 3.63) is 22.4 Å². The zero-order valence-corrected chi connectivity index (χ0v) is 10.5. The predicted octanol–water partition coefficient (Wildman–Crippen LogP) is 3.45. The van der Waals surface area contributed by atoms with Gasteiger partial charge in [-0.05, 0) is 24.3 Å². The van der Waals surface area contributed by atoms with Gasteiger partial charge in [0.05, 0.1) is 0 Å². The van der Waals surface area contributed by atoms with Crippen LogP contribution in [0.4, 0.5) is 0 Å². The maximum Gasteiger partial charge on any atom is 0.0438 e. The van der Waals surface area contributed by atoms with Gasteiger partial charge in [0, 0.05) is 23.9 Å². The molecule has 0 bridgehead atoms. The molecule has 0 saturated carbocycles. The quantitative estimate of drug-likeness (QED) is 0.593. The lowest BCUT2D eigenvalue weighted by Gasteiger charge is -2.20. The molecule has 1 aromatic rings. The minimum atomic E-state index is 0.476. The Morgan fingerprint density at radius 3 is 2.80 bits per heavy atom. The molecule has 1 rings (SSSR count). The second-order valence-corrected chi connectivity index (χ2v) is 4.85. The first-order chi connectivity index (χ1) is 7.25. The smallest absolute Gasteiger partial charge is 0.0438 e. The highest BCUT2D eigenvalue weighted by Gasteiger charge is 2.15. The summed E-state index contributed by atoms with van der Waals surface area (Å²) in [5.74, 6) is 6.62. The van der Waals surface area contributed by atoms with E-state index in [0.717, 1.165) is 13.0 Å². The predicted molar refractivity (Wildman–Crippen MR) is 68.0 cm³/mol. The molecule has 0 fully saturated rings. The van der Waals surface area contributed by atoms with E-state index in [9.17, 15) is 0 Å². The third kappa shape index (κ3) is 4.07.